The van der Waals surface area contributed by atoms with Crippen LogP contribution in [0, 0.1) is 0 Å². The molecule has 0 rings (SSSR count). The zero-order chi connectivity index (χ0) is 56.4. The number of aliphatic hydroxyl groups excluding tert-OH is 2. The van der Waals surface area contributed by atoms with Crippen molar-refractivity contribution in [1.82, 2.24) is 5.32 Å². The van der Waals surface area contributed by atoms with Gasteiger partial charge in [0.2, 0.25) is 5.91 Å². The molecule has 0 heterocycles. The van der Waals surface area contributed by atoms with Gasteiger partial charge in [-0.1, -0.05) is 326 Å². The molecule has 0 aliphatic carbocycles. The van der Waals surface area contributed by atoms with E-state index in [1.807, 2.05) is 6.08 Å². The van der Waals surface area contributed by atoms with Gasteiger partial charge in [0, 0.05) is 12.8 Å². The number of ether oxygens (including phenoxy) is 1. The van der Waals surface area contributed by atoms with Gasteiger partial charge in [-0.3, -0.25) is 9.59 Å². The highest BCUT2D eigenvalue weighted by molar-refractivity contribution is 5.76. The minimum atomic E-state index is -0.847. The summed E-state index contributed by atoms with van der Waals surface area (Å²) in [7, 11) is 0. The summed E-state index contributed by atoms with van der Waals surface area (Å²) in [5, 5.41) is 23.2. The van der Waals surface area contributed by atoms with Crippen LogP contribution in [-0.4, -0.2) is 47.4 Å². The first-order chi connectivity index (χ1) is 38.5. The molecule has 458 valence electrons. The van der Waals surface area contributed by atoms with Crippen LogP contribution in [0.2, 0.25) is 0 Å². The summed E-state index contributed by atoms with van der Waals surface area (Å²) in [5.74, 6) is -0.0664. The number of allylic oxidation sites excluding steroid dienone is 7. The van der Waals surface area contributed by atoms with Crippen LogP contribution in [-0.2, 0) is 14.3 Å². The van der Waals surface area contributed by atoms with Crippen LogP contribution in [0.4, 0.5) is 0 Å². The van der Waals surface area contributed by atoms with Gasteiger partial charge in [0.05, 0.1) is 25.4 Å². The van der Waals surface area contributed by atoms with Gasteiger partial charge in [0.15, 0.2) is 0 Å². The monoisotopic (exact) mass is 1090 g/mol. The van der Waals surface area contributed by atoms with E-state index in [4.69, 9.17) is 4.74 Å². The highest BCUT2D eigenvalue weighted by Gasteiger charge is 2.18. The average Bonchev–Trinajstić information content (AvgIpc) is 3.44. The fourth-order valence-corrected chi connectivity index (χ4v) is 10.7. The molecule has 0 saturated heterocycles. The number of unbranched alkanes of at least 4 members (excludes halogenated alkanes) is 48. The minimum absolute atomic E-state index is 0.000615. The van der Waals surface area contributed by atoms with Crippen LogP contribution in [0.1, 0.15) is 373 Å². The molecule has 0 saturated carbocycles. The molecule has 0 aliphatic rings. The largest absolute Gasteiger partial charge is 0.466 e. The van der Waals surface area contributed by atoms with Crippen molar-refractivity contribution in [2.75, 3.05) is 13.2 Å². The first-order valence-corrected chi connectivity index (χ1v) is 34.9. The van der Waals surface area contributed by atoms with Gasteiger partial charge in [-0.15, -0.1) is 0 Å². The molecule has 0 bridgehead atoms. The summed E-state index contributed by atoms with van der Waals surface area (Å²) in [6.07, 6.45) is 87.6. The minimum Gasteiger partial charge on any atom is -0.466 e. The lowest BCUT2D eigenvalue weighted by Gasteiger charge is -2.20. The Morgan fingerprint density at radius 1 is 0.359 bits per heavy atom. The number of hydrogen-bond donors (Lipinski definition) is 3. The third-order valence-electron chi connectivity index (χ3n) is 16.0. The lowest BCUT2D eigenvalue weighted by atomic mass is 10.0. The van der Waals surface area contributed by atoms with E-state index in [0.29, 0.717) is 19.4 Å². The Morgan fingerprint density at radius 2 is 0.667 bits per heavy atom. The van der Waals surface area contributed by atoms with Crippen molar-refractivity contribution in [3.8, 4) is 0 Å². The predicted molar refractivity (Wildman–Crippen MR) is 342 cm³/mol. The molecule has 0 aliphatic heterocycles. The maximum atomic E-state index is 12.5. The van der Waals surface area contributed by atoms with Gasteiger partial charge in [-0.2, -0.15) is 0 Å². The number of esters is 1. The van der Waals surface area contributed by atoms with E-state index in [2.05, 4.69) is 55.6 Å². The quantitative estimate of drug-likeness (QED) is 0.0320. The highest BCUT2D eigenvalue weighted by atomic mass is 16.5. The Kier molecular flexibility index (Phi) is 65.4. The van der Waals surface area contributed by atoms with E-state index in [-0.39, 0.29) is 18.5 Å². The zero-order valence-electron chi connectivity index (χ0n) is 52.4. The van der Waals surface area contributed by atoms with Gasteiger partial charge < -0.3 is 20.3 Å². The maximum Gasteiger partial charge on any atom is 0.305 e. The lowest BCUT2D eigenvalue weighted by molar-refractivity contribution is -0.143. The Labute approximate surface area is 486 Å². The second kappa shape index (κ2) is 67.3. The molecule has 2 atom stereocenters. The fourth-order valence-electron chi connectivity index (χ4n) is 10.7. The zero-order valence-corrected chi connectivity index (χ0v) is 52.4. The van der Waals surface area contributed by atoms with Gasteiger partial charge in [0.1, 0.15) is 0 Å². The summed E-state index contributed by atoms with van der Waals surface area (Å²) < 4.78 is 5.47. The topological polar surface area (TPSA) is 95.9 Å². The molecular formula is C72H135NO5. The summed E-state index contributed by atoms with van der Waals surface area (Å²) in [6.45, 7) is 4.86. The molecule has 2 unspecified atom stereocenters. The Hall–Kier alpha value is -2.18. The highest BCUT2D eigenvalue weighted by Crippen LogP contribution is 2.18. The molecule has 6 nitrogen and oxygen atoms in total. The molecule has 78 heavy (non-hydrogen) atoms. The first kappa shape index (κ1) is 75.8. The van der Waals surface area contributed by atoms with Crippen molar-refractivity contribution in [2.45, 2.75) is 386 Å². The number of amides is 1. The maximum absolute atomic E-state index is 12.5. The van der Waals surface area contributed by atoms with Gasteiger partial charge in [0.25, 0.3) is 0 Å². The smallest absolute Gasteiger partial charge is 0.305 e. The SMILES string of the molecule is CCC/C=C\C/C=C\CCCCCCCC(=O)OCCCCCCCCCCCCCC/C=C\CCCCCCCCCCCCCC(=O)NC(CO)C(O)/C=C/CCCCCCCCCCCCCCCCCCCCC. The fraction of sp³-hybridized carbons (Fsp3) is 0.861. The molecular weight excluding hydrogens is 959 g/mol. The van der Waals surface area contributed by atoms with Gasteiger partial charge in [-0.05, 0) is 83.5 Å². The van der Waals surface area contributed by atoms with Crippen LogP contribution in [0.25, 0.3) is 0 Å². The van der Waals surface area contributed by atoms with Crippen LogP contribution in [0.5, 0.6) is 0 Å². The third-order valence-corrected chi connectivity index (χ3v) is 16.0. The van der Waals surface area contributed by atoms with E-state index >= 15 is 0 Å². The van der Waals surface area contributed by atoms with Crippen molar-refractivity contribution in [1.29, 1.82) is 0 Å². The van der Waals surface area contributed by atoms with E-state index in [0.717, 1.165) is 51.4 Å². The molecule has 6 heteroatoms. The molecule has 1 amide bonds. The predicted octanol–water partition coefficient (Wildman–Crippen LogP) is 22.5. The summed E-state index contributed by atoms with van der Waals surface area (Å²) in [6, 6.07) is -0.630. The van der Waals surface area contributed by atoms with E-state index in [1.165, 1.54) is 295 Å². The van der Waals surface area contributed by atoms with E-state index in [9.17, 15) is 19.8 Å². The molecule has 3 N–H and O–H groups in total. The Balaban J connectivity index is 3.42. The second-order valence-corrected chi connectivity index (χ2v) is 23.9. The van der Waals surface area contributed by atoms with Crippen LogP contribution in [0.3, 0.4) is 0 Å². The number of nitrogens with one attached hydrogen (secondary N) is 1. The van der Waals surface area contributed by atoms with E-state index in [1.54, 1.807) is 6.08 Å². The van der Waals surface area contributed by atoms with Gasteiger partial charge in [-0.25, -0.2) is 0 Å². The molecule has 0 aromatic carbocycles. The van der Waals surface area contributed by atoms with E-state index < -0.39 is 12.1 Å². The summed E-state index contributed by atoms with van der Waals surface area (Å²) in [4.78, 5) is 24.6. The van der Waals surface area contributed by atoms with Crippen LogP contribution < -0.4 is 5.32 Å². The van der Waals surface area contributed by atoms with Crippen LogP contribution >= 0.6 is 0 Å². The molecule has 0 spiro atoms. The summed E-state index contributed by atoms with van der Waals surface area (Å²) in [5.41, 5.74) is 0. The Bertz CT molecular complexity index is 1310. The Morgan fingerprint density at radius 3 is 1.04 bits per heavy atom. The molecule has 0 aromatic heterocycles. The lowest BCUT2D eigenvalue weighted by Crippen LogP contribution is -2.45. The van der Waals surface area contributed by atoms with Crippen molar-refractivity contribution < 1.29 is 24.5 Å². The van der Waals surface area contributed by atoms with Gasteiger partial charge >= 0.3 is 5.97 Å². The number of rotatable bonds is 65. The normalized spacial score (nSPS) is 12.8. The number of hydrogen-bond acceptors (Lipinski definition) is 5. The number of carbonyl (C=O) groups is 2. The average molecular weight is 1090 g/mol. The summed E-state index contributed by atoms with van der Waals surface area (Å²) >= 11 is 0. The molecule has 0 radical (unpaired) electrons. The third kappa shape index (κ3) is 63.0. The molecule has 0 fully saturated rings. The first-order valence-electron chi connectivity index (χ1n) is 34.9. The standard InChI is InChI=1S/C72H135NO5/c1-3-5-7-9-11-13-15-17-18-19-20-28-31-34-37-41-44-48-52-56-60-64-70(75)69(68-74)73-71(76)65-61-57-53-49-45-42-38-35-32-29-26-24-22-21-23-25-27-30-33-36-39-43-47-51-55-59-63-67-78-72(77)66-62-58-54-50-46-40-16-14-12-10-8-6-4-2/h8,10,14,16,21-22,60,64,69-70,74-75H,3-7,9,11-13,15,17-20,23-59,61-63,65-68H2,1-2H3,(H,73,76)/b10-8-,16-14-,22-21-,64-60+. The van der Waals surface area contributed by atoms with Crippen molar-refractivity contribution in [3.63, 3.8) is 0 Å². The van der Waals surface area contributed by atoms with Crippen molar-refractivity contribution >= 4 is 11.9 Å². The van der Waals surface area contributed by atoms with Crippen LogP contribution in [0.15, 0.2) is 48.6 Å². The second-order valence-electron chi connectivity index (χ2n) is 23.9. The van der Waals surface area contributed by atoms with Crippen molar-refractivity contribution in [2.24, 2.45) is 0 Å². The van der Waals surface area contributed by atoms with Crippen molar-refractivity contribution in [3.05, 3.63) is 48.6 Å². The molecule has 0 aromatic rings. The number of aliphatic hydroxyl groups is 2. The number of carbonyl (C=O) groups excluding carboxylic acids is 2.